The van der Waals surface area contributed by atoms with Gasteiger partial charge in [-0.2, -0.15) is 0 Å². The average Bonchev–Trinajstić information content (AvgIpc) is 2.52. The van der Waals surface area contributed by atoms with E-state index in [0.717, 1.165) is 13.0 Å². The summed E-state index contributed by atoms with van der Waals surface area (Å²) in [6, 6.07) is 4.14. The zero-order valence-corrected chi connectivity index (χ0v) is 7.13. The standard InChI is InChI=1S/C9H15NO/c1-8(5-7-11-2)9-4-3-6-10-9/h3-4,6,8,10H,5,7H2,1-2H3. The number of aromatic amines is 1. The Labute approximate surface area is 67.6 Å². The molecule has 11 heavy (non-hydrogen) atoms. The van der Waals surface area contributed by atoms with Crippen LogP contribution >= 0.6 is 0 Å². The van der Waals surface area contributed by atoms with Crippen molar-refractivity contribution in [2.24, 2.45) is 0 Å². The van der Waals surface area contributed by atoms with E-state index in [4.69, 9.17) is 4.74 Å². The first-order valence-corrected chi connectivity index (χ1v) is 3.97. The molecule has 0 spiro atoms. The molecule has 0 amide bonds. The number of rotatable bonds is 4. The summed E-state index contributed by atoms with van der Waals surface area (Å²) < 4.78 is 5.00. The molecule has 0 saturated carbocycles. The van der Waals surface area contributed by atoms with Crippen molar-refractivity contribution in [3.63, 3.8) is 0 Å². The fraction of sp³-hybridized carbons (Fsp3) is 0.556. The van der Waals surface area contributed by atoms with Crippen molar-refractivity contribution in [1.29, 1.82) is 0 Å². The van der Waals surface area contributed by atoms with E-state index < -0.39 is 0 Å². The van der Waals surface area contributed by atoms with Crippen molar-refractivity contribution >= 4 is 0 Å². The lowest BCUT2D eigenvalue weighted by Gasteiger charge is -2.07. The maximum absolute atomic E-state index is 5.00. The van der Waals surface area contributed by atoms with Gasteiger partial charge in [0.25, 0.3) is 0 Å². The highest BCUT2D eigenvalue weighted by atomic mass is 16.5. The second kappa shape index (κ2) is 4.19. The monoisotopic (exact) mass is 153 g/mol. The fourth-order valence-corrected chi connectivity index (χ4v) is 1.10. The normalized spacial score (nSPS) is 13.3. The van der Waals surface area contributed by atoms with Crippen LogP contribution in [0.1, 0.15) is 25.0 Å². The first-order chi connectivity index (χ1) is 5.34. The molecule has 0 saturated heterocycles. The van der Waals surface area contributed by atoms with Crippen LogP contribution in [0, 0.1) is 0 Å². The van der Waals surface area contributed by atoms with Gasteiger partial charge in [-0.3, -0.25) is 0 Å². The lowest BCUT2D eigenvalue weighted by Crippen LogP contribution is -1.98. The highest BCUT2D eigenvalue weighted by Gasteiger charge is 2.04. The van der Waals surface area contributed by atoms with E-state index in [1.165, 1.54) is 5.69 Å². The van der Waals surface area contributed by atoms with E-state index >= 15 is 0 Å². The summed E-state index contributed by atoms with van der Waals surface area (Å²) in [7, 11) is 1.74. The van der Waals surface area contributed by atoms with Gasteiger partial charge in [0.2, 0.25) is 0 Å². The van der Waals surface area contributed by atoms with Gasteiger partial charge in [-0.1, -0.05) is 6.92 Å². The summed E-state index contributed by atoms with van der Waals surface area (Å²) in [5.41, 5.74) is 1.29. The molecule has 0 fully saturated rings. The predicted octanol–water partition coefficient (Wildman–Crippen LogP) is 2.15. The summed E-state index contributed by atoms with van der Waals surface area (Å²) in [5, 5.41) is 0. The van der Waals surface area contributed by atoms with Crippen molar-refractivity contribution in [2.75, 3.05) is 13.7 Å². The topological polar surface area (TPSA) is 25.0 Å². The van der Waals surface area contributed by atoms with Gasteiger partial charge in [0.1, 0.15) is 0 Å². The van der Waals surface area contributed by atoms with E-state index in [-0.39, 0.29) is 0 Å². The molecule has 1 atom stereocenters. The first-order valence-electron chi connectivity index (χ1n) is 3.97. The van der Waals surface area contributed by atoms with Gasteiger partial charge < -0.3 is 9.72 Å². The molecule has 0 aromatic carbocycles. The molecular formula is C9H15NO. The smallest absolute Gasteiger partial charge is 0.0468 e. The minimum absolute atomic E-state index is 0.574. The molecule has 1 N–H and O–H groups in total. The van der Waals surface area contributed by atoms with Crippen molar-refractivity contribution in [2.45, 2.75) is 19.3 Å². The maximum atomic E-state index is 5.00. The molecule has 1 aromatic heterocycles. The summed E-state index contributed by atoms with van der Waals surface area (Å²) in [6.07, 6.45) is 3.04. The van der Waals surface area contributed by atoms with Gasteiger partial charge in [0.05, 0.1) is 0 Å². The maximum Gasteiger partial charge on any atom is 0.0468 e. The van der Waals surface area contributed by atoms with E-state index in [1.54, 1.807) is 7.11 Å². The molecular weight excluding hydrogens is 138 g/mol. The van der Waals surface area contributed by atoms with Crippen LogP contribution in [0.4, 0.5) is 0 Å². The Hall–Kier alpha value is -0.760. The van der Waals surface area contributed by atoms with Gasteiger partial charge in [0.15, 0.2) is 0 Å². The van der Waals surface area contributed by atoms with E-state index in [1.807, 2.05) is 12.3 Å². The van der Waals surface area contributed by atoms with Gasteiger partial charge >= 0.3 is 0 Å². The zero-order valence-electron chi connectivity index (χ0n) is 7.13. The quantitative estimate of drug-likeness (QED) is 0.704. The highest BCUT2D eigenvalue weighted by molar-refractivity contribution is 5.08. The SMILES string of the molecule is COCCC(C)c1ccc[nH]1. The van der Waals surface area contributed by atoms with Crippen LogP contribution < -0.4 is 0 Å². The summed E-state index contributed by atoms with van der Waals surface area (Å²) in [4.78, 5) is 3.19. The predicted molar refractivity (Wildman–Crippen MR) is 45.7 cm³/mol. The Morgan fingerprint density at radius 1 is 1.64 bits per heavy atom. The van der Waals surface area contributed by atoms with Crippen LogP contribution in [0.25, 0.3) is 0 Å². The van der Waals surface area contributed by atoms with Gasteiger partial charge in [-0.15, -0.1) is 0 Å². The third-order valence-electron chi connectivity index (χ3n) is 1.91. The Balaban J connectivity index is 2.36. The molecule has 1 unspecified atom stereocenters. The van der Waals surface area contributed by atoms with E-state index in [2.05, 4.69) is 18.0 Å². The largest absolute Gasteiger partial charge is 0.385 e. The molecule has 1 aromatic rings. The summed E-state index contributed by atoms with van der Waals surface area (Å²) >= 11 is 0. The molecule has 1 heterocycles. The summed E-state index contributed by atoms with van der Waals surface area (Å²) in [5.74, 6) is 0.574. The first kappa shape index (κ1) is 8.34. The molecule has 2 heteroatoms. The second-order valence-corrected chi connectivity index (χ2v) is 2.81. The van der Waals surface area contributed by atoms with Crippen molar-refractivity contribution < 1.29 is 4.74 Å². The Bertz CT molecular complexity index is 181. The number of aromatic nitrogens is 1. The van der Waals surface area contributed by atoms with Gasteiger partial charge in [0, 0.05) is 25.6 Å². The minimum atomic E-state index is 0.574. The van der Waals surface area contributed by atoms with Crippen LogP contribution in [0.2, 0.25) is 0 Å². The fourth-order valence-electron chi connectivity index (χ4n) is 1.10. The average molecular weight is 153 g/mol. The third-order valence-corrected chi connectivity index (χ3v) is 1.91. The number of H-pyrrole nitrogens is 1. The lowest BCUT2D eigenvalue weighted by atomic mass is 10.1. The molecule has 0 radical (unpaired) electrons. The minimum Gasteiger partial charge on any atom is -0.385 e. The third kappa shape index (κ3) is 2.39. The molecule has 0 aliphatic heterocycles. The summed E-state index contributed by atoms with van der Waals surface area (Å²) in [6.45, 7) is 3.03. The van der Waals surface area contributed by atoms with Crippen molar-refractivity contribution in [3.05, 3.63) is 24.0 Å². The van der Waals surface area contributed by atoms with Crippen molar-refractivity contribution in [3.8, 4) is 0 Å². The molecule has 0 bridgehead atoms. The Morgan fingerprint density at radius 2 is 2.45 bits per heavy atom. The molecule has 2 nitrogen and oxygen atoms in total. The van der Waals surface area contributed by atoms with E-state index in [9.17, 15) is 0 Å². The van der Waals surface area contributed by atoms with Crippen LogP contribution in [0.5, 0.6) is 0 Å². The van der Waals surface area contributed by atoms with Crippen LogP contribution in [0.3, 0.4) is 0 Å². The van der Waals surface area contributed by atoms with E-state index in [0.29, 0.717) is 5.92 Å². The lowest BCUT2D eigenvalue weighted by molar-refractivity contribution is 0.189. The molecule has 1 rings (SSSR count). The number of hydrogen-bond donors (Lipinski definition) is 1. The van der Waals surface area contributed by atoms with Gasteiger partial charge in [-0.05, 0) is 24.5 Å². The molecule has 0 aliphatic carbocycles. The zero-order chi connectivity index (χ0) is 8.10. The molecule has 0 aliphatic rings. The van der Waals surface area contributed by atoms with Crippen LogP contribution in [0.15, 0.2) is 18.3 Å². The number of methoxy groups -OCH3 is 1. The number of nitrogens with one attached hydrogen (secondary N) is 1. The van der Waals surface area contributed by atoms with Gasteiger partial charge in [-0.25, -0.2) is 0 Å². The molecule has 62 valence electrons. The number of hydrogen-bond acceptors (Lipinski definition) is 1. The van der Waals surface area contributed by atoms with Crippen LogP contribution in [-0.2, 0) is 4.74 Å². The van der Waals surface area contributed by atoms with Crippen molar-refractivity contribution in [1.82, 2.24) is 4.98 Å². The highest BCUT2D eigenvalue weighted by Crippen LogP contribution is 2.15. The Kier molecular flexibility index (Phi) is 3.17. The van der Waals surface area contributed by atoms with Crippen LogP contribution in [-0.4, -0.2) is 18.7 Å². The Morgan fingerprint density at radius 3 is 3.00 bits per heavy atom. The number of ether oxygens (including phenoxy) is 1. The second-order valence-electron chi connectivity index (χ2n) is 2.81.